The molecular weight excluding hydrogens is 210 g/mol. The van der Waals surface area contributed by atoms with Crippen LogP contribution in [0.1, 0.15) is 0 Å². The van der Waals surface area contributed by atoms with Gasteiger partial charge in [0.05, 0.1) is 46.2 Å². The van der Waals surface area contributed by atoms with Crippen molar-refractivity contribution in [1.82, 2.24) is 0 Å². The molecule has 0 aromatic rings. The first-order valence-corrected chi connectivity index (χ1v) is 5.40. The molecule has 5 nitrogen and oxygen atoms in total. The Bertz CT molecular complexity index is 164. The van der Waals surface area contributed by atoms with Crippen molar-refractivity contribution in [3.8, 4) is 0 Å². The average Bonchev–Trinajstić information content (AvgIpc) is 2.31. The van der Waals surface area contributed by atoms with Crippen molar-refractivity contribution < 1.29 is 18.9 Å². The molecule has 0 saturated carbocycles. The Morgan fingerprint density at radius 2 is 1.44 bits per heavy atom. The summed E-state index contributed by atoms with van der Waals surface area (Å²) in [6.45, 7) is 8.19. The SMILES string of the molecule is C=C(CN)COCCOCCOCCOC. The second-order valence-electron chi connectivity index (χ2n) is 3.22. The standard InChI is InChI=1S/C11H23NO4/c1-11(9-12)10-16-8-7-15-6-5-14-4-3-13-2/h1,3-10,12H2,2H3. The highest BCUT2D eigenvalue weighted by atomic mass is 16.6. The van der Waals surface area contributed by atoms with Crippen molar-refractivity contribution in [2.24, 2.45) is 5.73 Å². The Balaban J connectivity index is 2.96. The van der Waals surface area contributed by atoms with E-state index < -0.39 is 0 Å². The predicted octanol–water partition coefficient (Wildman–Crippen LogP) is 0.198. The van der Waals surface area contributed by atoms with Crippen molar-refractivity contribution in [2.45, 2.75) is 0 Å². The summed E-state index contributed by atoms with van der Waals surface area (Å²) in [5.41, 5.74) is 6.25. The lowest BCUT2D eigenvalue weighted by molar-refractivity contribution is 0.00639. The summed E-state index contributed by atoms with van der Waals surface area (Å²) in [6.07, 6.45) is 0. The molecule has 0 saturated heterocycles. The summed E-state index contributed by atoms with van der Waals surface area (Å²) in [6, 6.07) is 0. The Morgan fingerprint density at radius 1 is 0.938 bits per heavy atom. The van der Waals surface area contributed by atoms with Crippen LogP contribution in [-0.4, -0.2) is 59.9 Å². The van der Waals surface area contributed by atoms with Crippen LogP contribution >= 0.6 is 0 Å². The van der Waals surface area contributed by atoms with Crippen molar-refractivity contribution in [3.05, 3.63) is 12.2 Å². The van der Waals surface area contributed by atoms with Gasteiger partial charge in [-0.25, -0.2) is 0 Å². The fourth-order valence-electron chi connectivity index (χ4n) is 0.858. The van der Waals surface area contributed by atoms with E-state index >= 15 is 0 Å². The molecule has 0 spiro atoms. The highest BCUT2D eigenvalue weighted by molar-refractivity contribution is 4.95. The van der Waals surface area contributed by atoms with Crippen molar-refractivity contribution in [1.29, 1.82) is 0 Å². The molecule has 0 radical (unpaired) electrons. The Hall–Kier alpha value is -0.460. The maximum atomic E-state index is 5.35. The van der Waals surface area contributed by atoms with E-state index in [-0.39, 0.29) is 0 Å². The van der Waals surface area contributed by atoms with Crippen LogP contribution in [0.15, 0.2) is 12.2 Å². The van der Waals surface area contributed by atoms with E-state index in [4.69, 9.17) is 24.7 Å². The molecule has 0 aliphatic carbocycles. The van der Waals surface area contributed by atoms with E-state index in [0.717, 1.165) is 5.57 Å². The highest BCUT2D eigenvalue weighted by Crippen LogP contribution is 1.88. The first-order valence-electron chi connectivity index (χ1n) is 5.40. The zero-order chi connectivity index (χ0) is 12.1. The quantitative estimate of drug-likeness (QED) is 0.385. The molecule has 0 unspecified atom stereocenters. The highest BCUT2D eigenvalue weighted by Gasteiger charge is 1.93. The van der Waals surface area contributed by atoms with Gasteiger partial charge in [-0.15, -0.1) is 0 Å². The van der Waals surface area contributed by atoms with Gasteiger partial charge in [-0.2, -0.15) is 0 Å². The molecule has 0 amide bonds. The maximum Gasteiger partial charge on any atom is 0.0704 e. The van der Waals surface area contributed by atoms with Gasteiger partial charge in [-0.05, 0) is 5.57 Å². The van der Waals surface area contributed by atoms with Gasteiger partial charge >= 0.3 is 0 Å². The van der Waals surface area contributed by atoms with Gasteiger partial charge in [-0.3, -0.25) is 0 Å². The van der Waals surface area contributed by atoms with E-state index in [0.29, 0.717) is 52.8 Å². The van der Waals surface area contributed by atoms with Gasteiger partial charge in [0.25, 0.3) is 0 Å². The molecule has 0 aliphatic rings. The lowest BCUT2D eigenvalue weighted by Crippen LogP contribution is -2.13. The van der Waals surface area contributed by atoms with Gasteiger partial charge in [0.1, 0.15) is 0 Å². The van der Waals surface area contributed by atoms with Crippen LogP contribution in [0.3, 0.4) is 0 Å². The molecule has 0 bridgehead atoms. The van der Waals surface area contributed by atoms with Crippen LogP contribution in [0, 0.1) is 0 Å². The number of hydrogen-bond donors (Lipinski definition) is 1. The normalized spacial score (nSPS) is 10.6. The fourth-order valence-corrected chi connectivity index (χ4v) is 0.858. The molecule has 0 fully saturated rings. The van der Waals surface area contributed by atoms with Gasteiger partial charge in [0.15, 0.2) is 0 Å². The third-order valence-corrected chi connectivity index (χ3v) is 1.77. The lowest BCUT2D eigenvalue weighted by atomic mass is 10.3. The molecule has 0 heterocycles. The summed E-state index contributed by atoms with van der Waals surface area (Å²) >= 11 is 0. The predicted molar refractivity (Wildman–Crippen MR) is 62.5 cm³/mol. The van der Waals surface area contributed by atoms with Crippen LogP contribution in [-0.2, 0) is 18.9 Å². The van der Waals surface area contributed by atoms with E-state index in [1.54, 1.807) is 7.11 Å². The Kier molecular flexibility index (Phi) is 12.2. The monoisotopic (exact) mass is 233 g/mol. The molecule has 2 N–H and O–H groups in total. The molecule has 96 valence electrons. The summed E-state index contributed by atoms with van der Waals surface area (Å²) < 4.78 is 20.6. The van der Waals surface area contributed by atoms with Crippen molar-refractivity contribution in [3.63, 3.8) is 0 Å². The molecular formula is C11H23NO4. The summed E-state index contributed by atoms with van der Waals surface area (Å²) in [4.78, 5) is 0. The minimum Gasteiger partial charge on any atom is -0.382 e. The molecule has 16 heavy (non-hydrogen) atoms. The zero-order valence-electron chi connectivity index (χ0n) is 10.1. The van der Waals surface area contributed by atoms with E-state index in [9.17, 15) is 0 Å². The summed E-state index contributed by atoms with van der Waals surface area (Å²) in [7, 11) is 1.65. The van der Waals surface area contributed by atoms with E-state index in [1.165, 1.54) is 0 Å². The van der Waals surface area contributed by atoms with E-state index in [2.05, 4.69) is 6.58 Å². The van der Waals surface area contributed by atoms with Crippen LogP contribution in [0.2, 0.25) is 0 Å². The second kappa shape index (κ2) is 12.6. The largest absolute Gasteiger partial charge is 0.382 e. The van der Waals surface area contributed by atoms with Crippen LogP contribution in [0.5, 0.6) is 0 Å². The first-order chi connectivity index (χ1) is 7.81. The Labute approximate surface area is 97.5 Å². The smallest absolute Gasteiger partial charge is 0.0704 e. The van der Waals surface area contributed by atoms with Gasteiger partial charge in [0, 0.05) is 13.7 Å². The van der Waals surface area contributed by atoms with Crippen molar-refractivity contribution >= 4 is 0 Å². The van der Waals surface area contributed by atoms with Crippen LogP contribution in [0.4, 0.5) is 0 Å². The lowest BCUT2D eigenvalue weighted by Gasteiger charge is -2.07. The average molecular weight is 233 g/mol. The molecule has 0 rings (SSSR count). The molecule has 0 atom stereocenters. The molecule has 0 aromatic carbocycles. The topological polar surface area (TPSA) is 62.9 Å². The summed E-state index contributed by atoms with van der Waals surface area (Å²) in [5.74, 6) is 0. The minimum atomic E-state index is 0.466. The van der Waals surface area contributed by atoms with Gasteiger partial charge in [0.2, 0.25) is 0 Å². The number of rotatable bonds is 12. The van der Waals surface area contributed by atoms with Gasteiger partial charge in [-0.1, -0.05) is 6.58 Å². The van der Waals surface area contributed by atoms with Gasteiger partial charge < -0.3 is 24.7 Å². The number of methoxy groups -OCH3 is 1. The van der Waals surface area contributed by atoms with Crippen LogP contribution in [0.25, 0.3) is 0 Å². The van der Waals surface area contributed by atoms with Crippen LogP contribution < -0.4 is 5.73 Å². The molecule has 0 aromatic heterocycles. The fraction of sp³-hybridized carbons (Fsp3) is 0.818. The molecule has 5 heteroatoms. The van der Waals surface area contributed by atoms with Crippen molar-refractivity contribution in [2.75, 3.05) is 59.9 Å². The first kappa shape index (κ1) is 15.5. The second-order valence-corrected chi connectivity index (χ2v) is 3.22. The Morgan fingerprint density at radius 3 is 1.94 bits per heavy atom. The third kappa shape index (κ3) is 11.6. The van der Waals surface area contributed by atoms with E-state index in [1.807, 2.05) is 0 Å². The third-order valence-electron chi connectivity index (χ3n) is 1.77. The summed E-state index contributed by atoms with van der Waals surface area (Å²) in [5, 5.41) is 0. The number of hydrogen-bond acceptors (Lipinski definition) is 5. The number of ether oxygens (including phenoxy) is 4. The molecule has 0 aliphatic heterocycles. The maximum absolute atomic E-state index is 5.35. The number of nitrogens with two attached hydrogens (primary N) is 1. The zero-order valence-corrected chi connectivity index (χ0v) is 10.1. The minimum absolute atomic E-state index is 0.466.